The number of carbonyl (C=O) groups is 3. The first-order valence-corrected chi connectivity index (χ1v) is 26.0. The number of carbonyl (C=O) groups excluding carboxylic acids is 3. The zero-order valence-corrected chi connectivity index (χ0v) is 36.6. The van der Waals surface area contributed by atoms with E-state index in [1.165, 1.54) is 0 Å². The van der Waals surface area contributed by atoms with Crippen LogP contribution in [0, 0.1) is 0 Å². The molecule has 62 heavy (non-hydrogen) atoms. The number of nitrogens with zero attached hydrogens (tertiary/aromatic N) is 6. The van der Waals surface area contributed by atoms with Gasteiger partial charge >= 0.3 is 0 Å². The van der Waals surface area contributed by atoms with E-state index in [4.69, 9.17) is 17.2 Å². The van der Waals surface area contributed by atoms with Crippen molar-refractivity contribution in [1.82, 2.24) is 0 Å². The number of ketones is 3. The van der Waals surface area contributed by atoms with Crippen molar-refractivity contribution in [2.45, 2.75) is 6.55 Å². The first-order chi connectivity index (χ1) is 30.1. The summed E-state index contributed by atoms with van der Waals surface area (Å²) in [6, 6.07) is 53.1. The molecule has 0 amide bonds. The van der Waals surface area contributed by atoms with Crippen LogP contribution in [-0.2, 0) is 0 Å². The number of benzene rings is 6. The number of rotatable bonds is 15. The van der Waals surface area contributed by atoms with Crippen molar-refractivity contribution < 1.29 is 14.4 Å². The fourth-order valence-electron chi connectivity index (χ4n) is 5.66. The molecule has 0 radical (unpaired) electrons. The van der Waals surface area contributed by atoms with E-state index in [-0.39, 0.29) is 50.0 Å². The summed E-state index contributed by atoms with van der Waals surface area (Å²) in [7, 11) is 0. The van der Waals surface area contributed by atoms with E-state index in [1.54, 1.807) is 146 Å². The van der Waals surface area contributed by atoms with Crippen LogP contribution in [0.15, 0.2) is 213 Å². The molecule has 0 aromatic heterocycles. The minimum absolute atomic E-state index is 0.00507. The molecule has 308 valence electrons. The molecule has 6 rings (SSSR count). The molecule has 6 N–H and O–H groups in total. The Labute approximate surface area is 371 Å². The average Bonchev–Trinajstić information content (AvgIpc) is 3.30. The van der Waals surface area contributed by atoms with E-state index in [2.05, 4.69) is 30.6 Å². The molecule has 0 heterocycles. The van der Waals surface area contributed by atoms with Gasteiger partial charge in [-0.1, -0.05) is 216 Å². The zero-order chi connectivity index (χ0) is 43.7. The SMILES string of the molecule is C[Si](S/C(N)=N/N=C(/C(=O)c1ccccc1)c1ccccc1)(S/C(N)=N/N=C(/C(=O)c1ccccc1)c1ccccc1)S/C(N)=N/N=C(/C(=O)c1ccccc1)c1ccccc1. The Morgan fingerprint density at radius 1 is 0.339 bits per heavy atom. The molecule has 0 unspecified atom stereocenters. The van der Waals surface area contributed by atoms with Crippen molar-refractivity contribution >= 4 is 89.1 Å². The van der Waals surface area contributed by atoms with E-state index in [1.807, 2.05) is 42.9 Å². The Kier molecular flexibility index (Phi) is 15.8. The summed E-state index contributed by atoms with van der Waals surface area (Å²) in [6.45, 7) is 1.88. The van der Waals surface area contributed by atoms with Gasteiger partial charge in [0.05, 0.1) is 0 Å². The summed E-state index contributed by atoms with van der Waals surface area (Å²) in [4.78, 5) is 41.1. The van der Waals surface area contributed by atoms with Crippen LogP contribution in [0.3, 0.4) is 0 Å². The third-order valence-electron chi connectivity index (χ3n) is 8.51. The van der Waals surface area contributed by atoms with Gasteiger partial charge in [0.1, 0.15) is 17.1 Å². The fourth-order valence-corrected chi connectivity index (χ4v) is 17.1. The van der Waals surface area contributed by atoms with Crippen LogP contribution < -0.4 is 17.2 Å². The maximum absolute atomic E-state index is 13.7. The van der Waals surface area contributed by atoms with Crippen molar-refractivity contribution in [2.24, 2.45) is 47.8 Å². The maximum atomic E-state index is 13.7. The van der Waals surface area contributed by atoms with Gasteiger partial charge in [0.25, 0.3) is 5.52 Å². The van der Waals surface area contributed by atoms with Crippen molar-refractivity contribution in [3.05, 3.63) is 215 Å². The molecule has 0 saturated heterocycles. The first kappa shape index (κ1) is 44.6. The highest BCUT2D eigenvalue weighted by Crippen LogP contribution is 2.42. The molecular formula is C46H39N9O3S3Si. The molecule has 12 nitrogen and oxygen atoms in total. The number of hydrogen-bond acceptors (Lipinski definition) is 12. The maximum Gasteiger partial charge on any atom is 0.260 e. The van der Waals surface area contributed by atoms with Crippen LogP contribution >= 0.6 is 33.6 Å². The van der Waals surface area contributed by atoms with Gasteiger partial charge in [-0.2, -0.15) is 0 Å². The van der Waals surface area contributed by atoms with Gasteiger partial charge in [-0.05, 0) is 6.55 Å². The third kappa shape index (κ3) is 12.5. The molecule has 0 fully saturated rings. The van der Waals surface area contributed by atoms with Crippen LogP contribution in [0.25, 0.3) is 0 Å². The van der Waals surface area contributed by atoms with Crippen molar-refractivity contribution in [1.29, 1.82) is 0 Å². The molecule has 0 bridgehead atoms. The van der Waals surface area contributed by atoms with Crippen LogP contribution in [0.4, 0.5) is 0 Å². The lowest BCUT2D eigenvalue weighted by atomic mass is 10.0. The van der Waals surface area contributed by atoms with E-state index in [0.29, 0.717) is 33.4 Å². The van der Waals surface area contributed by atoms with Gasteiger partial charge in [0.15, 0.2) is 15.5 Å². The predicted molar refractivity (Wildman–Crippen MR) is 261 cm³/mol. The van der Waals surface area contributed by atoms with Crippen molar-refractivity contribution in [2.75, 3.05) is 0 Å². The molecule has 0 saturated carbocycles. The second-order valence-electron chi connectivity index (χ2n) is 13.0. The van der Waals surface area contributed by atoms with E-state index < -0.39 is 5.52 Å². The van der Waals surface area contributed by atoms with Gasteiger partial charge in [-0.15, -0.1) is 30.6 Å². The molecule has 6 aromatic carbocycles. The molecule has 16 heteroatoms. The number of nitrogens with two attached hydrogens (primary N) is 3. The summed E-state index contributed by atoms with van der Waals surface area (Å²) in [5.41, 5.74) is 19.8. The van der Waals surface area contributed by atoms with Gasteiger partial charge < -0.3 is 17.2 Å². The molecular weight excluding hydrogens is 851 g/mol. The van der Waals surface area contributed by atoms with Crippen molar-refractivity contribution in [3.8, 4) is 0 Å². The summed E-state index contributed by atoms with van der Waals surface area (Å²) in [5.74, 6) is -1.03. The van der Waals surface area contributed by atoms with Crippen molar-refractivity contribution in [3.63, 3.8) is 0 Å². The largest absolute Gasteiger partial charge is 0.377 e. The standard InChI is InChI=1S/C46H39N9O3S3Si/c1-62(59-44(47)53-50-38(32-20-8-2-9-21-32)41(56)35-26-14-5-15-27-35,60-45(48)54-51-39(33-22-10-3-11-23-33)42(57)36-28-16-6-17-29-36)61-46(49)55-52-40(34-24-12-4-13-25-34)43(58)37-30-18-7-19-31-37/h2-31H,1H3,(H2,47,53)(H2,48,54)(H2,49,55)/b50-38+,51-39+,52-40+. The normalized spacial score (nSPS) is 13.1. The van der Waals surface area contributed by atoms with Crippen LogP contribution in [0.1, 0.15) is 47.8 Å². The van der Waals surface area contributed by atoms with Gasteiger partial charge in [0, 0.05) is 33.4 Å². The summed E-state index contributed by atoms with van der Waals surface area (Å²) in [5, 5.41) is 26.0. The van der Waals surface area contributed by atoms with Gasteiger partial charge in [-0.25, -0.2) is 0 Å². The molecule has 6 aromatic rings. The molecule has 0 spiro atoms. The fraction of sp³-hybridized carbons (Fsp3) is 0.0217. The van der Waals surface area contributed by atoms with Gasteiger partial charge in [0.2, 0.25) is 17.3 Å². The smallest absolute Gasteiger partial charge is 0.260 e. The Bertz CT molecular complexity index is 2390. The minimum Gasteiger partial charge on any atom is -0.377 e. The van der Waals surface area contributed by atoms with Crippen LogP contribution in [-0.4, -0.2) is 55.5 Å². The second-order valence-corrected chi connectivity index (χ2v) is 28.1. The minimum atomic E-state index is -3.15. The zero-order valence-electron chi connectivity index (χ0n) is 33.2. The summed E-state index contributed by atoms with van der Waals surface area (Å²) >= 11 is 3.41. The lowest BCUT2D eigenvalue weighted by molar-refractivity contribution is 0.105. The van der Waals surface area contributed by atoms with Crippen LogP contribution in [0.2, 0.25) is 6.55 Å². The number of hydrogen-bond donors (Lipinski definition) is 3. The number of Topliss-reactive ketones (excluding diaryl/α,β-unsaturated/α-hetero) is 3. The van der Waals surface area contributed by atoms with E-state index in [9.17, 15) is 14.4 Å². The molecule has 0 aliphatic carbocycles. The quantitative estimate of drug-likeness (QED) is 0.0297. The lowest BCUT2D eigenvalue weighted by Crippen LogP contribution is -2.31. The Morgan fingerprint density at radius 3 is 0.742 bits per heavy atom. The summed E-state index contributed by atoms with van der Waals surface area (Å²) in [6.07, 6.45) is 0. The molecule has 0 aliphatic heterocycles. The Balaban J connectivity index is 1.37. The molecule has 0 atom stereocenters. The third-order valence-corrected chi connectivity index (χ3v) is 20.2. The highest BCUT2D eigenvalue weighted by molar-refractivity contribution is 8.88. The topological polar surface area (TPSA) is 203 Å². The van der Waals surface area contributed by atoms with Crippen LogP contribution in [0.5, 0.6) is 0 Å². The van der Waals surface area contributed by atoms with Gasteiger partial charge in [-0.3, -0.25) is 14.4 Å². The Hall–Kier alpha value is -6.98. The highest BCUT2D eigenvalue weighted by atomic mass is 32.8. The lowest BCUT2D eigenvalue weighted by Gasteiger charge is -2.22. The monoisotopic (exact) mass is 889 g/mol. The first-order valence-electron chi connectivity index (χ1n) is 18.9. The highest BCUT2D eigenvalue weighted by Gasteiger charge is 2.36. The molecule has 0 aliphatic rings. The summed E-state index contributed by atoms with van der Waals surface area (Å²) < 4.78 is 0. The predicted octanol–water partition coefficient (Wildman–Crippen LogP) is 8.56. The average molecular weight is 890 g/mol. The van der Waals surface area contributed by atoms with E-state index in [0.717, 1.165) is 33.6 Å². The second kappa shape index (κ2) is 22.0. The van der Waals surface area contributed by atoms with E-state index >= 15 is 0 Å². The Morgan fingerprint density at radius 2 is 0.532 bits per heavy atom. The number of amidine groups is 3.